The third kappa shape index (κ3) is 3.68. The SMILES string of the molecule is COc1ccccc1CNc1ccc(C)c(C(F)(F)F)c1. The lowest BCUT2D eigenvalue weighted by atomic mass is 10.1. The van der Waals surface area contributed by atoms with Crippen LogP contribution in [0.4, 0.5) is 18.9 Å². The Kier molecular flexibility index (Phi) is 4.40. The maximum absolute atomic E-state index is 12.9. The summed E-state index contributed by atoms with van der Waals surface area (Å²) in [6.45, 7) is 1.84. The van der Waals surface area contributed by atoms with Gasteiger partial charge in [-0.05, 0) is 30.7 Å². The number of aryl methyl sites for hydroxylation is 1. The highest BCUT2D eigenvalue weighted by atomic mass is 19.4. The summed E-state index contributed by atoms with van der Waals surface area (Å²) < 4.78 is 43.8. The topological polar surface area (TPSA) is 21.3 Å². The Morgan fingerprint density at radius 1 is 1.10 bits per heavy atom. The maximum atomic E-state index is 12.9. The van der Waals surface area contributed by atoms with Gasteiger partial charge in [0.15, 0.2) is 0 Å². The molecule has 2 nitrogen and oxygen atoms in total. The second kappa shape index (κ2) is 6.08. The summed E-state index contributed by atoms with van der Waals surface area (Å²) >= 11 is 0. The predicted molar refractivity (Wildman–Crippen MR) is 76.5 cm³/mol. The van der Waals surface area contributed by atoms with E-state index < -0.39 is 11.7 Å². The first-order valence-electron chi connectivity index (χ1n) is 6.45. The first kappa shape index (κ1) is 15.2. The van der Waals surface area contributed by atoms with Gasteiger partial charge in [-0.25, -0.2) is 0 Å². The highest BCUT2D eigenvalue weighted by Gasteiger charge is 2.32. The summed E-state index contributed by atoms with van der Waals surface area (Å²) in [4.78, 5) is 0. The molecule has 2 aromatic rings. The average molecular weight is 295 g/mol. The fraction of sp³-hybridized carbons (Fsp3) is 0.250. The van der Waals surface area contributed by atoms with Gasteiger partial charge in [-0.15, -0.1) is 0 Å². The van der Waals surface area contributed by atoms with Crippen LogP contribution in [-0.4, -0.2) is 7.11 Å². The van der Waals surface area contributed by atoms with E-state index >= 15 is 0 Å². The van der Waals surface area contributed by atoms with Crippen LogP contribution in [0, 0.1) is 6.92 Å². The number of anilines is 1. The number of ether oxygens (including phenoxy) is 1. The van der Waals surface area contributed by atoms with E-state index in [9.17, 15) is 13.2 Å². The van der Waals surface area contributed by atoms with Crippen LogP contribution in [0.15, 0.2) is 42.5 Å². The zero-order valence-corrected chi connectivity index (χ0v) is 11.8. The van der Waals surface area contributed by atoms with Crippen LogP contribution in [0.25, 0.3) is 0 Å². The average Bonchev–Trinajstić information content (AvgIpc) is 2.45. The molecule has 0 amide bonds. The summed E-state index contributed by atoms with van der Waals surface area (Å²) in [7, 11) is 1.56. The zero-order chi connectivity index (χ0) is 15.5. The molecule has 112 valence electrons. The Bertz CT molecular complexity index is 623. The van der Waals surface area contributed by atoms with Crippen molar-refractivity contribution in [3.05, 3.63) is 59.2 Å². The molecule has 0 heterocycles. The van der Waals surface area contributed by atoms with E-state index in [0.29, 0.717) is 18.0 Å². The smallest absolute Gasteiger partial charge is 0.416 e. The van der Waals surface area contributed by atoms with E-state index in [1.54, 1.807) is 13.2 Å². The van der Waals surface area contributed by atoms with Gasteiger partial charge >= 0.3 is 6.18 Å². The number of para-hydroxylation sites is 1. The molecule has 21 heavy (non-hydrogen) atoms. The van der Waals surface area contributed by atoms with Gasteiger partial charge in [0.25, 0.3) is 0 Å². The second-order valence-electron chi connectivity index (χ2n) is 4.69. The summed E-state index contributed by atoms with van der Waals surface area (Å²) in [6.07, 6.45) is -4.34. The van der Waals surface area contributed by atoms with Crippen molar-refractivity contribution in [3.63, 3.8) is 0 Å². The van der Waals surface area contributed by atoms with Crippen molar-refractivity contribution in [1.29, 1.82) is 0 Å². The third-order valence-electron chi connectivity index (χ3n) is 3.22. The van der Waals surface area contributed by atoms with Gasteiger partial charge in [-0.1, -0.05) is 24.3 Å². The van der Waals surface area contributed by atoms with Gasteiger partial charge in [0.05, 0.1) is 12.7 Å². The summed E-state index contributed by atoms with van der Waals surface area (Å²) in [5.41, 5.74) is 0.908. The molecule has 0 bridgehead atoms. The molecular formula is C16H16F3NO. The van der Waals surface area contributed by atoms with E-state index in [1.165, 1.54) is 13.0 Å². The number of hydrogen-bond donors (Lipinski definition) is 1. The Labute approximate surface area is 121 Å². The Morgan fingerprint density at radius 2 is 1.81 bits per heavy atom. The second-order valence-corrected chi connectivity index (χ2v) is 4.69. The molecule has 0 aliphatic heterocycles. The van der Waals surface area contributed by atoms with E-state index in [4.69, 9.17) is 4.74 Å². The van der Waals surface area contributed by atoms with Crippen LogP contribution in [0.5, 0.6) is 5.75 Å². The van der Waals surface area contributed by atoms with E-state index in [-0.39, 0.29) is 5.56 Å². The van der Waals surface area contributed by atoms with E-state index in [0.717, 1.165) is 11.6 Å². The molecule has 0 atom stereocenters. The molecule has 2 rings (SSSR count). The molecule has 0 spiro atoms. The molecule has 0 radical (unpaired) electrons. The minimum absolute atomic E-state index is 0.213. The van der Waals surface area contributed by atoms with Crippen LogP contribution >= 0.6 is 0 Å². The molecule has 0 unspecified atom stereocenters. The van der Waals surface area contributed by atoms with Crippen LogP contribution in [0.1, 0.15) is 16.7 Å². The van der Waals surface area contributed by atoms with Crippen molar-refractivity contribution in [2.75, 3.05) is 12.4 Å². The first-order chi connectivity index (χ1) is 9.91. The van der Waals surface area contributed by atoms with Crippen molar-refractivity contribution in [3.8, 4) is 5.75 Å². The lowest BCUT2D eigenvalue weighted by Crippen LogP contribution is -2.09. The molecule has 0 saturated carbocycles. The summed E-state index contributed by atoms with van der Waals surface area (Å²) in [5, 5.41) is 3.00. The molecule has 0 aromatic heterocycles. The van der Waals surface area contributed by atoms with Crippen molar-refractivity contribution >= 4 is 5.69 Å². The maximum Gasteiger partial charge on any atom is 0.416 e. The zero-order valence-electron chi connectivity index (χ0n) is 11.8. The number of alkyl halides is 3. The summed E-state index contributed by atoms with van der Waals surface area (Å²) in [6, 6.07) is 11.6. The standard InChI is InChI=1S/C16H16F3NO/c1-11-7-8-13(9-14(11)16(17,18)19)20-10-12-5-3-4-6-15(12)21-2/h3-9,20H,10H2,1-2H3. The fourth-order valence-corrected chi connectivity index (χ4v) is 2.08. The van der Waals surface area contributed by atoms with E-state index in [2.05, 4.69) is 5.32 Å². The Balaban J connectivity index is 2.17. The number of hydrogen-bond acceptors (Lipinski definition) is 2. The minimum Gasteiger partial charge on any atom is -0.496 e. The third-order valence-corrected chi connectivity index (χ3v) is 3.22. The van der Waals surface area contributed by atoms with Crippen LogP contribution in [0.2, 0.25) is 0 Å². The quantitative estimate of drug-likeness (QED) is 0.887. The van der Waals surface area contributed by atoms with Crippen molar-refractivity contribution in [2.24, 2.45) is 0 Å². The molecule has 0 fully saturated rings. The number of benzene rings is 2. The molecule has 1 N–H and O–H groups in total. The first-order valence-corrected chi connectivity index (χ1v) is 6.45. The van der Waals surface area contributed by atoms with Gasteiger partial charge in [0.2, 0.25) is 0 Å². The molecule has 0 aliphatic carbocycles. The van der Waals surface area contributed by atoms with Gasteiger partial charge in [-0.3, -0.25) is 0 Å². The molecule has 2 aromatic carbocycles. The molecular weight excluding hydrogens is 279 g/mol. The normalized spacial score (nSPS) is 11.3. The Hall–Kier alpha value is -2.17. The van der Waals surface area contributed by atoms with Gasteiger partial charge in [0, 0.05) is 17.8 Å². The Morgan fingerprint density at radius 3 is 2.48 bits per heavy atom. The number of halogens is 3. The summed E-state index contributed by atoms with van der Waals surface area (Å²) in [5.74, 6) is 0.702. The lowest BCUT2D eigenvalue weighted by Gasteiger charge is -2.14. The van der Waals surface area contributed by atoms with E-state index in [1.807, 2.05) is 24.3 Å². The largest absolute Gasteiger partial charge is 0.496 e. The number of rotatable bonds is 4. The van der Waals surface area contributed by atoms with Crippen molar-refractivity contribution < 1.29 is 17.9 Å². The van der Waals surface area contributed by atoms with Crippen LogP contribution < -0.4 is 10.1 Å². The molecule has 0 aliphatic rings. The monoisotopic (exact) mass is 295 g/mol. The van der Waals surface area contributed by atoms with Crippen LogP contribution in [-0.2, 0) is 12.7 Å². The number of nitrogens with one attached hydrogen (secondary N) is 1. The highest BCUT2D eigenvalue weighted by Crippen LogP contribution is 2.33. The molecule has 0 saturated heterocycles. The van der Waals surface area contributed by atoms with Crippen LogP contribution in [0.3, 0.4) is 0 Å². The molecule has 5 heteroatoms. The predicted octanol–water partition coefficient (Wildman–Crippen LogP) is 4.63. The number of methoxy groups -OCH3 is 1. The van der Waals surface area contributed by atoms with Gasteiger partial charge in [0.1, 0.15) is 5.75 Å². The van der Waals surface area contributed by atoms with Crippen molar-refractivity contribution in [2.45, 2.75) is 19.6 Å². The van der Waals surface area contributed by atoms with Gasteiger partial charge in [-0.2, -0.15) is 13.2 Å². The minimum atomic E-state index is -4.34. The highest BCUT2D eigenvalue weighted by molar-refractivity contribution is 5.50. The van der Waals surface area contributed by atoms with Gasteiger partial charge < -0.3 is 10.1 Å². The lowest BCUT2D eigenvalue weighted by molar-refractivity contribution is -0.138. The van der Waals surface area contributed by atoms with Crippen molar-refractivity contribution in [1.82, 2.24) is 0 Å². The fourth-order valence-electron chi connectivity index (χ4n) is 2.08.